The number of ether oxygens (including phenoxy) is 2. The van der Waals surface area contributed by atoms with Crippen LogP contribution >= 0.6 is 23.2 Å². The van der Waals surface area contributed by atoms with Crippen molar-refractivity contribution in [1.82, 2.24) is 9.97 Å². The van der Waals surface area contributed by atoms with Gasteiger partial charge in [-0.2, -0.15) is 0 Å². The first kappa shape index (κ1) is 29.0. The Morgan fingerprint density at radius 2 is 1.73 bits per heavy atom. The average molecular weight is 594 g/mol. The van der Waals surface area contributed by atoms with E-state index in [-0.39, 0.29) is 6.54 Å². The van der Waals surface area contributed by atoms with Crippen molar-refractivity contribution in [2.45, 2.75) is 46.1 Å². The minimum Gasteiger partial charge on any atom is -0.493 e. The molecule has 3 aromatic carbocycles. The zero-order valence-electron chi connectivity index (χ0n) is 23.5. The summed E-state index contributed by atoms with van der Waals surface area (Å²) in [7, 11) is 1.61. The molecular weight excluding hydrogens is 559 g/mol. The van der Waals surface area contributed by atoms with E-state index in [1.54, 1.807) is 30.2 Å². The van der Waals surface area contributed by atoms with Crippen LogP contribution in [-0.4, -0.2) is 29.7 Å². The second-order valence-electron chi connectivity index (χ2n) is 10.7. The van der Waals surface area contributed by atoms with E-state index < -0.39 is 6.03 Å². The van der Waals surface area contributed by atoms with Gasteiger partial charge in [-0.15, -0.1) is 0 Å². The summed E-state index contributed by atoms with van der Waals surface area (Å²) in [5, 5.41) is 4.21. The fourth-order valence-electron chi connectivity index (χ4n) is 5.23. The molecule has 1 aliphatic rings. The highest BCUT2D eigenvalue weighted by Crippen LogP contribution is 2.38. The first-order chi connectivity index (χ1) is 19.8. The number of urea groups is 1. The molecule has 5 rings (SSSR count). The summed E-state index contributed by atoms with van der Waals surface area (Å²) in [4.78, 5) is 24.5. The summed E-state index contributed by atoms with van der Waals surface area (Å²) in [6.45, 7) is 5.21. The van der Waals surface area contributed by atoms with Gasteiger partial charge in [-0.05, 0) is 60.9 Å². The Kier molecular flexibility index (Phi) is 9.15. The lowest BCUT2D eigenvalue weighted by Gasteiger charge is -2.26. The second kappa shape index (κ2) is 13.0. The zero-order chi connectivity index (χ0) is 28.9. The highest BCUT2D eigenvalue weighted by Gasteiger charge is 2.25. The number of benzene rings is 3. The van der Waals surface area contributed by atoms with Gasteiger partial charge < -0.3 is 14.8 Å². The van der Waals surface area contributed by atoms with Crippen LogP contribution in [0.4, 0.5) is 16.3 Å². The van der Waals surface area contributed by atoms with Gasteiger partial charge in [-0.25, -0.2) is 14.8 Å². The van der Waals surface area contributed by atoms with Crippen LogP contribution in [0.3, 0.4) is 0 Å². The van der Waals surface area contributed by atoms with Gasteiger partial charge in [0.2, 0.25) is 0 Å². The molecule has 1 aliphatic carbocycles. The van der Waals surface area contributed by atoms with Crippen LogP contribution in [0.1, 0.15) is 43.7 Å². The normalized spacial score (nSPS) is 16.8. The third-order valence-corrected chi connectivity index (χ3v) is 8.42. The maximum atomic E-state index is 13.9. The molecule has 9 heteroatoms. The van der Waals surface area contributed by atoms with Crippen LogP contribution < -0.4 is 19.7 Å². The third-order valence-electron chi connectivity index (χ3n) is 7.79. The second-order valence-corrected chi connectivity index (χ2v) is 11.5. The predicted molar refractivity (Wildman–Crippen MR) is 166 cm³/mol. The number of para-hydroxylation sites is 1. The molecule has 214 valence electrons. The van der Waals surface area contributed by atoms with Gasteiger partial charge in [0.1, 0.15) is 12.1 Å². The minimum absolute atomic E-state index is 0.257. The van der Waals surface area contributed by atoms with E-state index >= 15 is 0 Å². The summed E-state index contributed by atoms with van der Waals surface area (Å²) in [6, 6.07) is 16.2. The van der Waals surface area contributed by atoms with E-state index in [9.17, 15) is 4.79 Å². The molecule has 1 aromatic heterocycles. The third kappa shape index (κ3) is 6.68. The Bertz CT molecular complexity index is 1520. The van der Waals surface area contributed by atoms with Gasteiger partial charge in [0.25, 0.3) is 0 Å². The monoisotopic (exact) mass is 592 g/mol. The number of rotatable bonds is 8. The molecule has 0 atom stereocenters. The maximum absolute atomic E-state index is 13.9. The summed E-state index contributed by atoms with van der Waals surface area (Å²) < 4.78 is 12.0. The number of halogens is 2. The molecular formula is C32H34Cl2N4O3. The van der Waals surface area contributed by atoms with E-state index in [4.69, 9.17) is 32.7 Å². The van der Waals surface area contributed by atoms with Crippen molar-refractivity contribution >= 4 is 51.6 Å². The summed E-state index contributed by atoms with van der Waals surface area (Å²) >= 11 is 12.8. The van der Waals surface area contributed by atoms with Crippen molar-refractivity contribution in [1.29, 1.82) is 0 Å². The largest absolute Gasteiger partial charge is 0.493 e. The van der Waals surface area contributed by atoms with Gasteiger partial charge in [-0.3, -0.25) is 4.90 Å². The number of aromatic nitrogens is 2. The molecule has 0 aliphatic heterocycles. The van der Waals surface area contributed by atoms with Gasteiger partial charge >= 0.3 is 6.03 Å². The predicted octanol–water partition coefficient (Wildman–Crippen LogP) is 8.70. The van der Waals surface area contributed by atoms with E-state index in [0.717, 1.165) is 17.0 Å². The topological polar surface area (TPSA) is 76.6 Å². The Hall–Kier alpha value is -3.55. The van der Waals surface area contributed by atoms with Crippen molar-refractivity contribution in [2.75, 3.05) is 23.9 Å². The lowest BCUT2D eigenvalue weighted by atomic mass is 9.83. The van der Waals surface area contributed by atoms with Crippen LogP contribution in [0.25, 0.3) is 10.9 Å². The van der Waals surface area contributed by atoms with Gasteiger partial charge in [0, 0.05) is 11.5 Å². The number of hydrogen-bond donors (Lipinski definition) is 1. The molecule has 1 fully saturated rings. The molecule has 1 saturated carbocycles. The number of amides is 2. The molecule has 4 aromatic rings. The van der Waals surface area contributed by atoms with Crippen molar-refractivity contribution in [3.63, 3.8) is 0 Å². The molecule has 2 amide bonds. The Labute approximate surface area is 250 Å². The summed E-state index contributed by atoms with van der Waals surface area (Å²) in [5.41, 5.74) is 2.99. The van der Waals surface area contributed by atoms with Crippen LogP contribution in [0.15, 0.2) is 60.9 Å². The number of carbonyl (C=O) groups is 1. The lowest BCUT2D eigenvalue weighted by molar-refractivity contribution is 0.183. The zero-order valence-corrected chi connectivity index (χ0v) is 25.0. The van der Waals surface area contributed by atoms with E-state index in [1.165, 1.54) is 32.0 Å². The quantitative estimate of drug-likeness (QED) is 0.221. The van der Waals surface area contributed by atoms with Crippen molar-refractivity contribution in [3.05, 3.63) is 82.1 Å². The molecule has 41 heavy (non-hydrogen) atoms. The molecule has 1 N–H and O–H groups in total. The molecule has 0 saturated heterocycles. The number of nitrogens with one attached hydrogen (secondary N) is 1. The molecule has 0 radical (unpaired) electrons. The Morgan fingerprint density at radius 1 is 1.00 bits per heavy atom. The minimum atomic E-state index is -0.436. The molecule has 0 bridgehead atoms. The summed E-state index contributed by atoms with van der Waals surface area (Å²) in [5.74, 6) is 2.91. The SMILES string of the molecule is COc1cc2c(N(Cc3ccccc3C)C(=O)Nc3c(Cl)cccc3Cl)ncnc2cc1OCC1CCC(C)CC1. The van der Waals surface area contributed by atoms with Gasteiger partial charge in [-0.1, -0.05) is 73.3 Å². The fourth-order valence-corrected chi connectivity index (χ4v) is 5.73. The standard InChI is InChI=1S/C32H34Cl2N4O3/c1-20-11-13-22(14-12-20)18-41-29-16-27-24(15-28(29)40-3)31(36-19-35-27)38(17-23-8-5-4-7-21(23)2)32(39)37-30-25(33)9-6-10-26(30)34/h4-10,15-16,19-20,22H,11-14,17-18H2,1-3H3,(H,37,39). The fraction of sp³-hybridized carbons (Fsp3) is 0.344. The van der Waals surface area contributed by atoms with Gasteiger partial charge in [0.05, 0.1) is 41.5 Å². The number of aryl methyl sites for hydroxylation is 1. The lowest BCUT2D eigenvalue weighted by Crippen LogP contribution is -2.35. The maximum Gasteiger partial charge on any atom is 0.327 e. The number of anilines is 2. The average Bonchev–Trinajstić information content (AvgIpc) is 2.97. The van der Waals surface area contributed by atoms with Crippen molar-refractivity contribution in [2.24, 2.45) is 11.8 Å². The first-order valence-electron chi connectivity index (χ1n) is 13.9. The van der Waals surface area contributed by atoms with E-state index in [1.807, 2.05) is 43.3 Å². The molecule has 7 nitrogen and oxygen atoms in total. The molecule has 0 unspecified atom stereocenters. The Morgan fingerprint density at radius 3 is 2.44 bits per heavy atom. The highest BCUT2D eigenvalue weighted by atomic mass is 35.5. The van der Waals surface area contributed by atoms with E-state index in [2.05, 4.69) is 22.2 Å². The Balaban J connectivity index is 1.51. The van der Waals surface area contributed by atoms with Crippen LogP contribution in [-0.2, 0) is 6.54 Å². The number of carbonyl (C=O) groups excluding carboxylic acids is 1. The van der Waals surface area contributed by atoms with E-state index in [0.29, 0.717) is 56.5 Å². The van der Waals surface area contributed by atoms with Gasteiger partial charge in [0.15, 0.2) is 11.5 Å². The molecule has 1 heterocycles. The van der Waals surface area contributed by atoms with Crippen molar-refractivity contribution < 1.29 is 14.3 Å². The van der Waals surface area contributed by atoms with Crippen LogP contribution in [0, 0.1) is 18.8 Å². The first-order valence-corrected chi connectivity index (χ1v) is 14.6. The summed E-state index contributed by atoms with van der Waals surface area (Å²) in [6.07, 6.45) is 6.26. The number of nitrogens with zero attached hydrogens (tertiary/aromatic N) is 3. The number of hydrogen-bond acceptors (Lipinski definition) is 5. The molecule has 0 spiro atoms. The number of methoxy groups -OCH3 is 1. The highest BCUT2D eigenvalue weighted by molar-refractivity contribution is 6.39. The van der Waals surface area contributed by atoms with Crippen molar-refractivity contribution in [3.8, 4) is 11.5 Å². The number of fused-ring (bicyclic) bond motifs is 1. The van der Waals surface area contributed by atoms with Crippen LogP contribution in [0.2, 0.25) is 10.0 Å². The van der Waals surface area contributed by atoms with Crippen LogP contribution in [0.5, 0.6) is 11.5 Å². The smallest absolute Gasteiger partial charge is 0.327 e.